The summed E-state index contributed by atoms with van der Waals surface area (Å²) < 4.78 is 2.06. The van der Waals surface area contributed by atoms with Crippen molar-refractivity contribution in [1.82, 2.24) is 14.8 Å². The number of rotatable bonds is 1. The van der Waals surface area contributed by atoms with Crippen molar-refractivity contribution in [2.24, 2.45) is 0 Å². The van der Waals surface area contributed by atoms with Gasteiger partial charge in [-0.25, -0.2) is 0 Å². The Labute approximate surface area is 137 Å². The average Bonchev–Trinajstić information content (AvgIpc) is 2.85. The average molecular weight is 331 g/mol. The smallest absolute Gasteiger partial charge is 0.168 e. The Morgan fingerprint density at radius 3 is 2.55 bits per heavy atom. The standard InChI is InChI=1S/C16H12Cl2N4/c17-11-3-1-10(2-4-11)16-21-20-15-7-8-19-13-6-5-12(18)9-14(13)22(15)16/h1-6,9,19H,7-8H2. The summed E-state index contributed by atoms with van der Waals surface area (Å²) in [4.78, 5) is 0. The van der Waals surface area contributed by atoms with Gasteiger partial charge < -0.3 is 5.32 Å². The number of anilines is 1. The van der Waals surface area contributed by atoms with Crippen LogP contribution >= 0.6 is 23.2 Å². The molecular weight excluding hydrogens is 319 g/mol. The van der Waals surface area contributed by atoms with Crippen LogP contribution in [0.4, 0.5) is 5.69 Å². The van der Waals surface area contributed by atoms with Gasteiger partial charge in [0.15, 0.2) is 5.82 Å². The molecule has 0 fully saturated rings. The lowest BCUT2D eigenvalue weighted by atomic mass is 10.2. The Morgan fingerprint density at radius 2 is 1.73 bits per heavy atom. The molecule has 1 aromatic heterocycles. The second-order valence-electron chi connectivity index (χ2n) is 5.12. The Balaban J connectivity index is 1.96. The van der Waals surface area contributed by atoms with Gasteiger partial charge in [0.05, 0.1) is 11.4 Å². The van der Waals surface area contributed by atoms with Gasteiger partial charge in [0.25, 0.3) is 0 Å². The van der Waals surface area contributed by atoms with Crippen molar-refractivity contribution in [3.63, 3.8) is 0 Å². The first-order valence-electron chi connectivity index (χ1n) is 6.96. The summed E-state index contributed by atoms with van der Waals surface area (Å²) in [5, 5.41) is 13.5. The zero-order valence-corrected chi connectivity index (χ0v) is 13.1. The van der Waals surface area contributed by atoms with Gasteiger partial charge in [0, 0.05) is 28.6 Å². The van der Waals surface area contributed by atoms with E-state index in [1.54, 1.807) is 0 Å². The Morgan fingerprint density at radius 1 is 0.955 bits per heavy atom. The van der Waals surface area contributed by atoms with Crippen LogP contribution in [0, 0.1) is 0 Å². The third-order valence-corrected chi connectivity index (χ3v) is 4.18. The second-order valence-corrected chi connectivity index (χ2v) is 5.99. The van der Waals surface area contributed by atoms with E-state index in [-0.39, 0.29) is 0 Å². The van der Waals surface area contributed by atoms with Crippen LogP contribution in [-0.2, 0) is 6.42 Å². The monoisotopic (exact) mass is 330 g/mol. The maximum Gasteiger partial charge on any atom is 0.168 e. The van der Waals surface area contributed by atoms with E-state index in [0.717, 1.165) is 41.6 Å². The summed E-state index contributed by atoms with van der Waals surface area (Å²) in [5.74, 6) is 1.71. The number of fused-ring (bicyclic) bond motifs is 3. The Kier molecular flexibility index (Phi) is 3.28. The molecule has 1 N–H and O–H groups in total. The van der Waals surface area contributed by atoms with Crippen LogP contribution in [-0.4, -0.2) is 21.3 Å². The third kappa shape index (κ3) is 2.25. The lowest BCUT2D eigenvalue weighted by Gasteiger charge is -2.12. The van der Waals surface area contributed by atoms with Gasteiger partial charge in [-0.3, -0.25) is 4.57 Å². The Bertz CT molecular complexity index is 840. The summed E-state index contributed by atoms with van der Waals surface area (Å²) >= 11 is 12.2. The highest BCUT2D eigenvalue weighted by atomic mass is 35.5. The maximum atomic E-state index is 6.18. The lowest BCUT2D eigenvalue weighted by Crippen LogP contribution is -2.03. The largest absolute Gasteiger partial charge is 0.383 e. The molecule has 0 atom stereocenters. The fourth-order valence-corrected chi connectivity index (χ4v) is 2.96. The summed E-state index contributed by atoms with van der Waals surface area (Å²) in [5.41, 5.74) is 2.96. The molecule has 0 amide bonds. The minimum atomic E-state index is 0.684. The highest BCUT2D eigenvalue weighted by Crippen LogP contribution is 2.32. The van der Waals surface area contributed by atoms with Crippen molar-refractivity contribution < 1.29 is 0 Å². The van der Waals surface area contributed by atoms with Crippen LogP contribution in [0.3, 0.4) is 0 Å². The van der Waals surface area contributed by atoms with Gasteiger partial charge in [-0.2, -0.15) is 0 Å². The number of halogens is 2. The zero-order valence-electron chi connectivity index (χ0n) is 11.6. The van der Waals surface area contributed by atoms with Crippen LogP contribution in [0.25, 0.3) is 17.1 Å². The molecule has 1 aliphatic rings. The maximum absolute atomic E-state index is 6.18. The molecule has 2 heterocycles. The van der Waals surface area contributed by atoms with E-state index in [1.807, 2.05) is 42.5 Å². The summed E-state index contributed by atoms with van der Waals surface area (Å²) in [6, 6.07) is 13.4. The van der Waals surface area contributed by atoms with Gasteiger partial charge in [0.2, 0.25) is 0 Å². The fraction of sp³-hybridized carbons (Fsp3) is 0.125. The topological polar surface area (TPSA) is 42.7 Å². The van der Waals surface area contributed by atoms with E-state index >= 15 is 0 Å². The predicted octanol–water partition coefficient (Wildman–Crippen LogP) is 4.21. The van der Waals surface area contributed by atoms with Gasteiger partial charge >= 0.3 is 0 Å². The van der Waals surface area contributed by atoms with E-state index in [0.29, 0.717) is 10.0 Å². The molecule has 4 rings (SSSR count). The van der Waals surface area contributed by atoms with Gasteiger partial charge in [0.1, 0.15) is 5.82 Å². The van der Waals surface area contributed by atoms with Crippen LogP contribution in [0.1, 0.15) is 5.82 Å². The number of nitrogens with one attached hydrogen (secondary N) is 1. The Hall–Kier alpha value is -2.04. The number of hydrogen-bond acceptors (Lipinski definition) is 3. The van der Waals surface area contributed by atoms with Crippen LogP contribution < -0.4 is 5.32 Å². The van der Waals surface area contributed by atoms with Crippen molar-refractivity contribution in [3.05, 3.63) is 58.3 Å². The fourth-order valence-electron chi connectivity index (χ4n) is 2.67. The third-order valence-electron chi connectivity index (χ3n) is 3.70. The van der Waals surface area contributed by atoms with E-state index in [1.165, 1.54) is 0 Å². The van der Waals surface area contributed by atoms with Crippen LogP contribution in [0.2, 0.25) is 10.0 Å². The number of benzene rings is 2. The molecule has 0 saturated heterocycles. The molecule has 4 nitrogen and oxygen atoms in total. The van der Waals surface area contributed by atoms with Crippen molar-refractivity contribution in [1.29, 1.82) is 0 Å². The minimum Gasteiger partial charge on any atom is -0.383 e. The van der Waals surface area contributed by atoms with Crippen molar-refractivity contribution in [2.75, 3.05) is 11.9 Å². The van der Waals surface area contributed by atoms with Crippen LogP contribution in [0.15, 0.2) is 42.5 Å². The molecule has 110 valence electrons. The molecule has 1 aliphatic heterocycles. The molecule has 0 aliphatic carbocycles. The molecule has 6 heteroatoms. The molecule has 22 heavy (non-hydrogen) atoms. The number of nitrogens with zero attached hydrogens (tertiary/aromatic N) is 3. The van der Waals surface area contributed by atoms with Crippen LogP contribution in [0.5, 0.6) is 0 Å². The molecule has 0 spiro atoms. The second kappa shape index (κ2) is 5.30. The molecule has 0 bridgehead atoms. The number of hydrogen-bond donors (Lipinski definition) is 1. The first-order chi connectivity index (χ1) is 10.7. The first-order valence-corrected chi connectivity index (χ1v) is 7.72. The van der Waals surface area contributed by atoms with Gasteiger partial charge in [-0.15, -0.1) is 10.2 Å². The molecule has 0 radical (unpaired) electrons. The SMILES string of the molecule is Clc1ccc(-c2nnc3n2-c2cc(Cl)ccc2NCC3)cc1. The predicted molar refractivity (Wildman–Crippen MR) is 89.0 cm³/mol. The summed E-state index contributed by atoms with van der Waals surface area (Å²) in [6.45, 7) is 0.813. The molecule has 2 aromatic carbocycles. The van der Waals surface area contributed by atoms with Crippen molar-refractivity contribution in [2.45, 2.75) is 6.42 Å². The zero-order chi connectivity index (χ0) is 15.1. The number of aromatic nitrogens is 3. The summed E-state index contributed by atoms with van der Waals surface area (Å²) in [6.07, 6.45) is 0.799. The van der Waals surface area contributed by atoms with E-state index in [9.17, 15) is 0 Å². The van der Waals surface area contributed by atoms with Crippen molar-refractivity contribution >= 4 is 28.9 Å². The van der Waals surface area contributed by atoms with E-state index < -0.39 is 0 Å². The van der Waals surface area contributed by atoms with Gasteiger partial charge in [-0.05, 0) is 42.5 Å². The molecular formula is C16H12Cl2N4. The highest BCUT2D eigenvalue weighted by molar-refractivity contribution is 6.31. The quantitative estimate of drug-likeness (QED) is 0.726. The van der Waals surface area contributed by atoms with Gasteiger partial charge in [-0.1, -0.05) is 23.2 Å². The summed E-state index contributed by atoms with van der Waals surface area (Å²) in [7, 11) is 0. The first kappa shape index (κ1) is 13.6. The van der Waals surface area contributed by atoms with E-state index in [2.05, 4.69) is 20.1 Å². The molecule has 0 unspecified atom stereocenters. The lowest BCUT2D eigenvalue weighted by molar-refractivity contribution is 0.873. The molecule has 0 saturated carbocycles. The normalized spacial score (nSPS) is 13.0. The minimum absolute atomic E-state index is 0.684. The van der Waals surface area contributed by atoms with Crippen molar-refractivity contribution in [3.8, 4) is 17.1 Å². The highest BCUT2D eigenvalue weighted by Gasteiger charge is 2.20. The van der Waals surface area contributed by atoms with E-state index in [4.69, 9.17) is 23.2 Å². The molecule has 3 aromatic rings.